The number of H-pyrrole nitrogens is 1. The summed E-state index contributed by atoms with van der Waals surface area (Å²) in [6, 6.07) is 0. The number of nitrogens with zero attached hydrogens (tertiary/aromatic N) is 1. The third-order valence-electron chi connectivity index (χ3n) is 2.94. The monoisotopic (exact) mass is 256 g/mol. The largest absolute Gasteiger partial charge is 0.388 e. The molecular formula is C11H16N2O5. The summed E-state index contributed by atoms with van der Waals surface area (Å²) < 4.78 is 11.7. The number of hydrogen-bond donors (Lipinski definition) is 2. The molecule has 1 aromatic rings. The van der Waals surface area contributed by atoms with Crippen molar-refractivity contribution >= 4 is 0 Å². The fourth-order valence-electron chi connectivity index (χ4n) is 2.05. The lowest BCUT2D eigenvalue weighted by atomic mass is 10.2. The van der Waals surface area contributed by atoms with Gasteiger partial charge in [-0.3, -0.25) is 14.3 Å². The molecule has 2 rings (SSSR count). The summed E-state index contributed by atoms with van der Waals surface area (Å²) in [5.74, 6) is 0. The highest BCUT2D eigenvalue weighted by atomic mass is 16.6. The van der Waals surface area contributed by atoms with Gasteiger partial charge in [0.05, 0.1) is 12.7 Å². The fraction of sp³-hybridized carbons (Fsp3) is 0.636. The van der Waals surface area contributed by atoms with Gasteiger partial charge in [0.1, 0.15) is 6.10 Å². The van der Waals surface area contributed by atoms with Gasteiger partial charge in [-0.25, -0.2) is 4.79 Å². The summed E-state index contributed by atoms with van der Waals surface area (Å²) >= 11 is 0. The van der Waals surface area contributed by atoms with Crippen molar-refractivity contribution in [3.05, 3.63) is 32.6 Å². The summed E-state index contributed by atoms with van der Waals surface area (Å²) in [4.78, 5) is 25.1. The predicted molar refractivity (Wildman–Crippen MR) is 62.5 cm³/mol. The Morgan fingerprint density at radius 1 is 1.61 bits per heavy atom. The maximum absolute atomic E-state index is 11.7. The van der Waals surface area contributed by atoms with Crippen LogP contribution in [0, 0.1) is 6.92 Å². The molecule has 0 bridgehead atoms. The molecule has 0 saturated carbocycles. The molecular weight excluding hydrogens is 240 g/mol. The van der Waals surface area contributed by atoms with Crippen molar-refractivity contribution in [2.45, 2.75) is 31.8 Å². The average molecular weight is 256 g/mol. The highest BCUT2D eigenvalue weighted by Gasteiger charge is 2.35. The Morgan fingerprint density at radius 3 is 3.00 bits per heavy atom. The van der Waals surface area contributed by atoms with E-state index in [9.17, 15) is 14.7 Å². The summed E-state index contributed by atoms with van der Waals surface area (Å²) in [7, 11) is 1.54. The third-order valence-corrected chi connectivity index (χ3v) is 2.94. The normalized spacial score (nSPS) is 27.6. The van der Waals surface area contributed by atoms with E-state index in [4.69, 9.17) is 9.47 Å². The average Bonchev–Trinajstić information content (AvgIpc) is 2.65. The molecule has 1 fully saturated rings. The summed E-state index contributed by atoms with van der Waals surface area (Å²) in [5, 5.41) is 9.89. The molecule has 2 heterocycles. The minimum absolute atomic E-state index is 0.255. The standard InChI is InChI=1S/C11H16N2O5/c1-6-4-13(11(16)12-9(6)15)10-8(14)3-7(18-10)5-17-2/h4,7-8,10,14H,3,5H2,1-2H3,(H,12,15,16)/t7-,8?,10+/m0/s1. The number of nitrogens with one attached hydrogen (secondary N) is 1. The molecule has 7 nitrogen and oxygen atoms in total. The van der Waals surface area contributed by atoms with Crippen LogP contribution >= 0.6 is 0 Å². The second kappa shape index (κ2) is 5.05. The predicted octanol–water partition coefficient (Wildman–Crippen LogP) is -0.860. The molecule has 7 heteroatoms. The van der Waals surface area contributed by atoms with Crippen LogP contribution in [0.2, 0.25) is 0 Å². The van der Waals surface area contributed by atoms with Crippen LogP contribution in [0.25, 0.3) is 0 Å². The highest BCUT2D eigenvalue weighted by molar-refractivity contribution is 5.02. The number of aryl methyl sites for hydroxylation is 1. The van der Waals surface area contributed by atoms with Gasteiger partial charge < -0.3 is 14.6 Å². The topological polar surface area (TPSA) is 93.5 Å². The molecule has 1 unspecified atom stereocenters. The first-order chi connectivity index (χ1) is 8.52. The van der Waals surface area contributed by atoms with Gasteiger partial charge in [-0.2, -0.15) is 0 Å². The second-order valence-corrected chi connectivity index (χ2v) is 4.39. The summed E-state index contributed by atoms with van der Waals surface area (Å²) in [6.07, 6.45) is -0.0524. The number of hydrogen-bond acceptors (Lipinski definition) is 5. The first kappa shape index (κ1) is 13.0. The van der Waals surface area contributed by atoms with E-state index in [1.807, 2.05) is 0 Å². The molecule has 0 aromatic carbocycles. The van der Waals surface area contributed by atoms with Crippen molar-refractivity contribution in [1.82, 2.24) is 9.55 Å². The number of aromatic nitrogens is 2. The molecule has 1 aliphatic heterocycles. The number of rotatable bonds is 3. The van der Waals surface area contributed by atoms with Crippen molar-refractivity contribution in [2.24, 2.45) is 0 Å². The van der Waals surface area contributed by atoms with E-state index in [0.29, 0.717) is 18.6 Å². The fourth-order valence-corrected chi connectivity index (χ4v) is 2.05. The van der Waals surface area contributed by atoms with E-state index in [1.54, 1.807) is 14.0 Å². The molecule has 0 spiro atoms. The Kier molecular flexibility index (Phi) is 3.65. The summed E-state index contributed by atoms with van der Waals surface area (Å²) in [5.41, 5.74) is -0.634. The zero-order valence-corrected chi connectivity index (χ0v) is 10.3. The molecule has 0 aliphatic carbocycles. The van der Waals surface area contributed by atoms with Crippen molar-refractivity contribution in [2.75, 3.05) is 13.7 Å². The van der Waals surface area contributed by atoms with Crippen molar-refractivity contribution in [3.8, 4) is 0 Å². The molecule has 2 N–H and O–H groups in total. The lowest BCUT2D eigenvalue weighted by molar-refractivity contribution is -0.0583. The minimum Gasteiger partial charge on any atom is -0.388 e. The van der Waals surface area contributed by atoms with Crippen molar-refractivity contribution < 1.29 is 14.6 Å². The van der Waals surface area contributed by atoms with E-state index in [2.05, 4.69) is 4.98 Å². The van der Waals surface area contributed by atoms with E-state index < -0.39 is 23.6 Å². The van der Waals surface area contributed by atoms with Gasteiger partial charge in [-0.15, -0.1) is 0 Å². The van der Waals surface area contributed by atoms with Crippen LogP contribution < -0.4 is 11.2 Å². The Bertz CT molecular complexity index is 535. The van der Waals surface area contributed by atoms with Crippen molar-refractivity contribution in [1.29, 1.82) is 0 Å². The van der Waals surface area contributed by atoms with Crippen LogP contribution in [0.15, 0.2) is 15.8 Å². The van der Waals surface area contributed by atoms with E-state index >= 15 is 0 Å². The summed E-state index contributed by atoms with van der Waals surface area (Å²) in [6.45, 7) is 1.94. The lowest BCUT2D eigenvalue weighted by Gasteiger charge is -2.17. The Balaban J connectivity index is 2.30. The molecule has 0 radical (unpaired) electrons. The van der Waals surface area contributed by atoms with Crippen LogP contribution in [0.4, 0.5) is 0 Å². The molecule has 1 aliphatic rings. The second-order valence-electron chi connectivity index (χ2n) is 4.39. The van der Waals surface area contributed by atoms with E-state index in [0.717, 1.165) is 0 Å². The number of aromatic amines is 1. The van der Waals surface area contributed by atoms with Gasteiger partial charge in [-0.05, 0) is 6.92 Å². The van der Waals surface area contributed by atoms with Crippen LogP contribution in [0.3, 0.4) is 0 Å². The van der Waals surface area contributed by atoms with Gasteiger partial charge in [0.25, 0.3) is 5.56 Å². The van der Waals surface area contributed by atoms with Crippen LogP contribution in [-0.4, -0.2) is 40.6 Å². The molecule has 1 aromatic heterocycles. The van der Waals surface area contributed by atoms with E-state index in [1.165, 1.54) is 10.8 Å². The number of methoxy groups -OCH3 is 1. The molecule has 3 atom stereocenters. The Hall–Kier alpha value is -1.44. The zero-order chi connectivity index (χ0) is 13.3. The van der Waals surface area contributed by atoms with Crippen LogP contribution in [0.5, 0.6) is 0 Å². The van der Waals surface area contributed by atoms with Crippen molar-refractivity contribution in [3.63, 3.8) is 0 Å². The Morgan fingerprint density at radius 2 is 2.33 bits per heavy atom. The SMILES string of the molecule is COC[C@@H]1CC(O)[C@H](n2cc(C)c(=O)[nH]c2=O)O1. The van der Waals surface area contributed by atoms with Crippen LogP contribution in [-0.2, 0) is 9.47 Å². The van der Waals surface area contributed by atoms with Crippen LogP contribution in [0.1, 0.15) is 18.2 Å². The maximum atomic E-state index is 11.7. The minimum atomic E-state index is -0.798. The molecule has 100 valence electrons. The smallest absolute Gasteiger partial charge is 0.330 e. The van der Waals surface area contributed by atoms with Gasteiger partial charge in [0.2, 0.25) is 0 Å². The highest BCUT2D eigenvalue weighted by Crippen LogP contribution is 2.27. The van der Waals surface area contributed by atoms with E-state index in [-0.39, 0.29) is 6.10 Å². The molecule has 1 saturated heterocycles. The number of aliphatic hydroxyl groups is 1. The molecule has 0 amide bonds. The van der Waals surface area contributed by atoms with Gasteiger partial charge in [-0.1, -0.05) is 0 Å². The van der Waals surface area contributed by atoms with Gasteiger partial charge in [0, 0.05) is 25.3 Å². The lowest BCUT2D eigenvalue weighted by Crippen LogP contribution is -2.36. The van der Waals surface area contributed by atoms with Gasteiger partial charge >= 0.3 is 5.69 Å². The van der Waals surface area contributed by atoms with Gasteiger partial charge in [0.15, 0.2) is 6.23 Å². The number of ether oxygens (including phenoxy) is 2. The quantitative estimate of drug-likeness (QED) is 0.734. The first-order valence-corrected chi connectivity index (χ1v) is 5.67. The number of aliphatic hydroxyl groups excluding tert-OH is 1. The maximum Gasteiger partial charge on any atom is 0.330 e. The molecule has 18 heavy (non-hydrogen) atoms. The third kappa shape index (κ3) is 2.38. The first-order valence-electron chi connectivity index (χ1n) is 5.67. The Labute approximate surface area is 103 Å². The zero-order valence-electron chi connectivity index (χ0n) is 10.3.